The van der Waals surface area contributed by atoms with Gasteiger partial charge in [0, 0.05) is 18.4 Å². The molecule has 1 fully saturated rings. The van der Waals surface area contributed by atoms with E-state index in [1.807, 2.05) is 12.1 Å². The first-order valence-corrected chi connectivity index (χ1v) is 9.79. The van der Waals surface area contributed by atoms with E-state index in [9.17, 15) is 8.42 Å². The van der Waals surface area contributed by atoms with Gasteiger partial charge < -0.3 is 0 Å². The molecule has 20 heavy (non-hydrogen) atoms. The average Bonchev–Trinajstić information content (AvgIpc) is 2.48. The van der Waals surface area contributed by atoms with E-state index in [1.165, 1.54) is 5.56 Å². The summed E-state index contributed by atoms with van der Waals surface area (Å²) in [4.78, 5) is 0.424. The highest BCUT2D eigenvalue weighted by molar-refractivity contribution is 9.09. The SMILES string of the molecule is CCCc1ccc(S(=O)(=O)N2CCCC(CBr)C2)cc1. The van der Waals surface area contributed by atoms with E-state index in [-0.39, 0.29) is 0 Å². The molecule has 1 aromatic rings. The Morgan fingerprint density at radius 3 is 2.60 bits per heavy atom. The van der Waals surface area contributed by atoms with Crippen LogP contribution in [0.1, 0.15) is 31.7 Å². The molecule has 1 aliphatic heterocycles. The third kappa shape index (κ3) is 3.62. The molecule has 0 spiro atoms. The highest BCUT2D eigenvalue weighted by atomic mass is 79.9. The van der Waals surface area contributed by atoms with Crippen molar-refractivity contribution in [2.75, 3.05) is 18.4 Å². The zero-order chi connectivity index (χ0) is 14.6. The number of benzene rings is 1. The van der Waals surface area contributed by atoms with Crippen LogP contribution in [-0.4, -0.2) is 31.1 Å². The summed E-state index contributed by atoms with van der Waals surface area (Å²) in [6, 6.07) is 7.36. The Bertz CT molecular complexity index is 527. The van der Waals surface area contributed by atoms with Crippen LogP contribution in [0.2, 0.25) is 0 Å². The monoisotopic (exact) mass is 359 g/mol. The topological polar surface area (TPSA) is 37.4 Å². The molecule has 0 aliphatic carbocycles. The van der Waals surface area contributed by atoms with Crippen LogP contribution in [0.4, 0.5) is 0 Å². The van der Waals surface area contributed by atoms with Gasteiger partial charge in [-0.3, -0.25) is 0 Å². The zero-order valence-corrected chi connectivity index (χ0v) is 14.3. The van der Waals surface area contributed by atoms with Gasteiger partial charge in [0.15, 0.2) is 0 Å². The molecule has 1 heterocycles. The van der Waals surface area contributed by atoms with Crippen LogP contribution in [0.25, 0.3) is 0 Å². The van der Waals surface area contributed by atoms with Crippen molar-refractivity contribution < 1.29 is 8.42 Å². The largest absolute Gasteiger partial charge is 0.243 e. The number of rotatable bonds is 5. The Morgan fingerprint density at radius 2 is 2.00 bits per heavy atom. The summed E-state index contributed by atoms with van der Waals surface area (Å²) in [5.41, 5.74) is 1.20. The number of halogens is 1. The Morgan fingerprint density at radius 1 is 1.30 bits per heavy atom. The fourth-order valence-electron chi connectivity index (χ4n) is 2.64. The second-order valence-corrected chi connectivity index (χ2v) is 8.00. The summed E-state index contributed by atoms with van der Waals surface area (Å²) >= 11 is 3.47. The highest BCUT2D eigenvalue weighted by Gasteiger charge is 2.29. The molecule has 112 valence electrons. The molecule has 0 aromatic heterocycles. The third-order valence-corrected chi connectivity index (χ3v) is 6.59. The van der Waals surface area contributed by atoms with E-state index in [0.717, 1.165) is 31.0 Å². The van der Waals surface area contributed by atoms with Crippen LogP contribution in [-0.2, 0) is 16.4 Å². The van der Waals surface area contributed by atoms with Crippen LogP contribution < -0.4 is 0 Å². The molecule has 1 unspecified atom stereocenters. The Labute approximate surface area is 130 Å². The van der Waals surface area contributed by atoms with Crippen LogP contribution in [0, 0.1) is 5.92 Å². The molecule has 0 N–H and O–H groups in total. The smallest absolute Gasteiger partial charge is 0.207 e. The normalized spacial score (nSPS) is 21.0. The summed E-state index contributed by atoms with van der Waals surface area (Å²) in [5, 5.41) is 0.870. The maximum absolute atomic E-state index is 12.6. The van der Waals surface area contributed by atoms with Crippen molar-refractivity contribution in [2.45, 2.75) is 37.5 Å². The zero-order valence-electron chi connectivity index (χ0n) is 11.9. The lowest BCUT2D eigenvalue weighted by Crippen LogP contribution is -2.40. The molecule has 1 atom stereocenters. The van der Waals surface area contributed by atoms with Crippen molar-refractivity contribution >= 4 is 26.0 Å². The molecule has 3 nitrogen and oxygen atoms in total. The van der Waals surface area contributed by atoms with Crippen molar-refractivity contribution in [3.8, 4) is 0 Å². The first-order valence-electron chi connectivity index (χ1n) is 7.23. The Kier molecular flexibility index (Phi) is 5.64. The summed E-state index contributed by atoms with van der Waals surface area (Å²) in [7, 11) is -3.32. The van der Waals surface area contributed by atoms with Gasteiger partial charge in [0.05, 0.1) is 4.90 Å². The van der Waals surface area contributed by atoms with Crippen molar-refractivity contribution in [3.63, 3.8) is 0 Å². The van der Waals surface area contributed by atoms with Gasteiger partial charge in [0.1, 0.15) is 0 Å². The number of sulfonamides is 1. The minimum Gasteiger partial charge on any atom is -0.207 e. The van der Waals surface area contributed by atoms with Gasteiger partial charge in [-0.2, -0.15) is 4.31 Å². The third-order valence-electron chi connectivity index (χ3n) is 3.80. The van der Waals surface area contributed by atoms with Crippen LogP contribution in [0.5, 0.6) is 0 Å². The number of alkyl halides is 1. The van der Waals surface area contributed by atoms with E-state index in [2.05, 4.69) is 22.9 Å². The molecule has 0 radical (unpaired) electrons. The Balaban J connectivity index is 2.16. The quantitative estimate of drug-likeness (QED) is 0.755. The predicted octanol–water partition coefficient (Wildman–Crippen LogP) is 3.43. The van der Waals surface area contributed by atoms with E-state index in [4.69, 9.17) is 0 Å². The van der Waals surface area contributed by atoms with Gasteiger partial charge in [-0.15, -0.1) is 0 Å². The maximum atomic E-state index is 12.6. The fourth-order valence-corrected chi connectivity index (χ4v) is 4.72. The fraction of sp³-hybridized carbons (Fsp3) is 0.600. The van der Waals surface area contributed by atoms with Crippen molar-refractivity contribution in [1.82, 2.24) is 4.31 Å². The molecular formula is C15H22BrNO2S. The number of hydrogen-bond acceptors (Lipinski definition) is 2. The number of aryl methyl sites for hydroxylation is 1. The van der Waals surface area contributed by atoms with E-state index < -0.39 is 10.0 Å². The average molecular weight is 360 g/mol. The van der Waals surface area contributed by atoms with E-state index >= 15 is 0 Å². The van der Waals surface area contributed by atoms with Gasteiger partial charge in [0.25, 0.3) is 0 Å². The lowest BCUT2D eigenvalue weighted by molar-refractivity contribution is 0.285. The molecule has 5 heteroatoms. The summed E-state index contributed by atoms with van der Waals surface area (Å²) in [6.45, 7) is 3.39. The first-order chi connectivity index (χ1) is 9.57. The molecule has 2 rings (SSSR count). The van der Waals surface area contributed by atoms with Crippen molar-refractivity contribution in [3.05, 3.63) is 29.8 Å². The van der Waals surface area contributed by atoms with Gasteiger partial charge >= 0.3 is 0 Å². The summed E-state index contributed by atoms with van der Waals surface area (Å²) < 4.78 is 26.9. The number of hydrogen-bond donors (Lipinski definition) is 0. The van der Waals surface area contributed by atoms with Crippen LogP contribution >= 0.6 is 15.9 Å². The van der Waals surface area contributed by atoms with E-state index in [1.54, 1.807) is 16.4 Å². The first kappa shape index (κ1) is 16.0. The summed E-state index contributed by atoms with van der Waals surface area (Å²) in [6.07, 6.45) is 4.12. The Hall–Kier alpha value is -0.390. The molecule has 1 saturated heterocycles. The van der Waals surface area contributed by atoms with Crippen molar-refractivity contribution in [2.24, 2.45) is 5.92 Å². The molecular weight excluding hydrogens is 338 g/mol. The lowest BCUT2D eigenvalue weighted by atomic mass is 10.0. The lowest BCUT2D eigenvalue weighted by Gasteiger charge is -2.31. The minimum atomic E-state index is -3.32. The molecule has 0 amide bonds. The van der Waals surface area contributed by atoms with Gasteiger partial charge in [-0.25, -0.2) is 8.42 Å². The highest BCUT2D eigenvalue weighted by Crippen LogP contribution is 2.25. The molecule has 0 bridgehead atoms. The molecule has 0 saturated carbocycles. The minimum absolute atomic E-state index is 0.424. The maximum Gasteiger partial charge on any atom is 0.243 e. The summed E-state index contributed by atoms with van der Waals surface area (Å²) in [5.74, 6) is 0.429. The number of piperidine rings is 1. The molecule has 1 aromatic carbocycles. The number of nitrogens with zero attached hydrogens (tertiary/aromatic N) is 1. The van der Waals surface area contributed by atoms with Crippen molar-refractivity contribution in [1.29, 1.82) is 0 Å². The molecule has 1 aliphatic rings. The van der Waals surface area contributed by atoms with Gasteiger partial charge in [-0.1, -0.05) is 41.4 Å². The predicted molar refractivity (Wildman–Crippen MR) is 85.7 cm³/mol. The van der Waals surface area contributed by atoms with Crippen LogP contribution in [0.15, 0.2) is 29.2 Å². The second kappa shape index (κ2) is 7.05. The van der Waals surface area contributed by atoms with E-state index in [0.29, 0.717) is 23.9 Å². The van der Waals surface area contributed by atoms with Crippen LogP contribution in [0.3, 0.4) is 0 Å². The second-order valence-electron chi connectivity index (χ2n) is 5.42. The van der Waals surface area contributed by atoms with Gasteiger partial charge in [-0.05, 0) is 42.9 Å². The van der Waals surface area contributed by atoms with Gasteiger partial charge in [0.2, 0.25) is 10.0 Å². The standard InChI is InChI=1S/C15H22BrNO2S/c1-2-4-13-6-8-15(9-7-13)20(18,19)17-10-3-5-14(11-16)12-17/h6-9,14H,2-5,10-12H2,1H3.